The van der Waals surface area contributed by atoms with Crippen molar-refractivity contribution in [3.05, 3.63) is 39.5 Å². The van der Waals surface area contributed by atoms with Gasteiger partial charge in [0.1, 0.15) is 0 Å². The first kappa shape index (κ1) is 18.7. The predicted octanol–water partition coefficient (Wildman–Crippen LogP) is 2.98. The van der Waals surface area contributed by atoms with Crippen molar-refractivity contribution in [3.63, 3.8) is 0 Å². The van der Waals surface area contributed by atoms with Gasteiger partial charge >= 0.3 is 0 Å². The van der Waals surface area contributed by atoms with Gasteiger partial charge in [-0.3, -0.25) is 4.79 Å². The second-order valence-corrected chi connectivity index (χ2v) is 6.76. The monoisotopic (exact) mass is 478 g/mol. The molecule has 1 aliphatic heterocycles. The fourth-order valence-electron chi connectivity index (χ4n) is 2.57. The third kappa shape index (κ3) is 3.69. The molecule has 1 saturated heterocycles. The highest BCUT2D eigenvalue weighted by molar-refractivity contribution is 14.1. The quantitative estimate of drug-likeness (QED) is 0.685. The predicted molar refractivity (Wildman–Crippen MR) is 97.7 cm³/mol. The normalized spacial score (nSPS) is 19.5. The molecule has 0 saturated carbocycles. The van der Waals surface area contributed by atoms with Crippen molar-refractivity contribution in [2.24, 2.45) is 0 Å². The number of ether oxygens (including phenoxy) is 1. The van der Waals surface area contributed by atoms with Crippen LogP contribution in [0.5, 0.6) is 5.88 Å². The Morgan fingerprint density at radius 1 is 1.35 bits per heavy atom. The average molecular weight is 478 g/mol. The molecule has 0 unspecified atom stereocenters. The number of nitrogens with zero attached hydrogens (tertiary/aromatic N) is 3. The molecule has 0 spiro atoms. The Morgan fingerprint density at radius 3 is 2.65 bits per heavy atom. The van der Waals surface area contributed by atoms with Gasteiger partial charge in [0, 0.05) is 16.0 Å². The summed E-state index contributed by atoms with van der Waals surface area (Å²) in [5.41, 5.74) is 0.276. The van der Waals surface area contributed by atoms with Crippen LogP contribution in [0.3, 0.4) is 0 Å². The van der Waals surface area contributed by atoms with Gasteiger partial charge in [-0.25, -0.2) is 23.1 Å². The molecule has 2 aromatic rings. The number of carbonyl (C=O) groups is 1. The van der Waals surface area contributed by atoms with E-state index in [-0.39, 0.29) is 30.4 Å². The van der Waals surface area contributed by atoms with Crippen LogP contribution >= 0.6 is 22.6 Å². The smallest absolute Gasteiger partial charge is 0.257 e. The first-order valence-electron chi connectivity index (χ1n) is 7.59. The van der Waals surface area contributed by atoms with Gasteiger partial charge < -0.3 is 15.0 Å². The minimum Gasteiger partial charge on any atom is -0.479 e. The summed E-state index contributed by atoms with van der Waals surface area (Å²) in [7, 11) is 1.27. The Balaban J connectivity index is 1.88. The highest BCUT2D eigenvalue weighted by Crippen LogP contribution is 2.32. The molecule has 0 radical (unpaired) electrons. The zero-order valence-electron chi connectivity index (χ0n) is 13.5. The summed E-state index contributed by atoms with van der Waals surface area (Å²) in [4.78, 5) is 21.7. The second-order valence-electron chi connectivity index (χ2n) is 5.60. The van der Waals surface area contributed by atoms with Crippen LogP contribution in [0.25, 0.3) is 0 Å². The molecule has 1 aliphatic rings. The number of nitrogens with one attached hydrogen (secondary N) is 1. The summed E-state index contributed by atoms with van der Waals surface area (Å²) in [6, 6.07) is 2.64. The molecule has 2 atom stereocenters. The van der Waals surface area contributed by atoms with Crippen molar-refractivity contribution < 1.29 is 22.7 Å². The van der Waals surface area contributed by atoms with E-state index in [0.29, 0.717) is 9.26 Å². The van der Waals surface area contributed by atoms with E-state index in [9.17, 15) is 18.0 Å². The number of hydrogen-bond donors (Lipinski definition) is 1. The lowest BCUT2D eigenvalue weighted by Gasteiger charge is -2.21. The summed E-state index contributed by atoms with van der Waals surface area (Å²) in [6.45, 7) is -0.314. The largest absolute Gasteiger partial charge is 0.479 e. The van der Waals surface area contributed by atoms with Crippen LogP contribution in [0.1, 0.15) is 10.4 Å². The van der Waals surface area contributed by atoms with E-state index >= 15 is 0 Å². The average Bonchev–Trinajstić information content (AvgIpc) is 2.95. The lowest BCUT2D eigenvalue weighted by atomic mass is 10.2. The highest BCUT2D eigenvalue weighted by Gasteiger charge is 2.35. The first-order chi connectivity index (χ1) is 12.4. The zero-order chi connectivity index (χ0) is 18.8. The number of aromatic nitrogens is 2. The van der Waals surface area contributed by atoms with Crippen molar-refractivity contribution in [3.8, 4) is 5.88 Å². The molecule has 3 rings (SSSR count). The zero-order valence-corrected chi connectivity index (χ0v) is 15.7. The van der Waals surface area contributed by atoms with Crippen molar-refractivity contribution >= 4 is 40.0 Å². The first-order valence-corrected chi connectivity index (χ1v) is 8.67. The molecule has 26 heavy (non-hydrogen) atoms. The van der Waals surface area contributed by atoms with E-state index in [1.54, 1.807) is 6.07 Å². The Morgan fingerprint density at radius 2 is 2.04 bits per heavy atom. The number of alkyl halides is 2. The summed E-state index contributed by atoms with van der Waals surface area (Å²) in [5.74, 6) is -1.37. The molecule has 1 fully saturated rings. The van der Waals surface area contributed by atoms with Crippen LogP contribution in [-0.2, 0) is 0 Å². The van der Waals surface area contributed by atoms with Crippen LogP contribution in [0.15, 0.2) is 24.5 Å². The number of anilines is 2. The van der Waals surface area contributed by atoms with Crippen LogP contribution in [0.4, 0.5) is 24.7 Å². The van der Waals surface area contributed by atoms with Crippen molar-refractivity contribution in [2.75, 3.05) is 30.4 Å². The molecule has 0 aliphatic carbocycles. The Labute approximate surface area is 160 Å². The van der Waals surface area contributed by atoms with Gasteiger partial charge in [-0.15, -0.1) is 0 Å². The number of amides is 1. The third-order valence-corrected chi connectivity index (χ3v) is 4.76. The molecule has 3 heterocycles. The maximum atomic E-state index is 13.8. The number of rotatable bonds is 4. The Kier molecular flexibility index (Phi) is 5.49. The minimum absolute atomic E-state index is 0.0259. The number of hydrogen-bond acceptors (Lipinski definition) is 5. The van der Waals surface area contributed by atoms with Gasteiger partial charge in [0.15, 0.2) is 24.0 Å². The summed E-state index contributed by atoms with van der Waals surface area (Å²) in [5, 5.41) is 2.62. The van der Waals surface area contributed by atoms with Crippen molar-refractivity contribution in [2.45, 2.75) is 12.3 Å². The summed E-state index contributed by atoms with van der Waals surface area (Å²) in [6.07, 6.45) is -0.568. The third-order valence-electron chi connectivity index (χ3n) is 3.86. The molecular formula is C16H14F3IN4O2. The molecule has 6 nitrogen and oxygen atoms in total. The van der Waals surface area contributed by atoms with Gasteiger partial charge in [0.2, 0.25) is 5.88 Å². The van der Waals surface area contributed by atoms with E-state index in [1.165, 1.54) is 24.4 Å². The number of carbonyl (C=O) groups excluding carboxylic acids is 1. The van der Waals surface area contributed by atoms with Crippen LogP contribution < -0.4 is 15.0 Å². The van der Waals surface area contributed by atoms with E-state index in [2.05, 4.69) is 15.3 Å². The Bertz CT molecular complexity index is 829. The van der Waals surface area contributed by atoms with E-state index in [1.807, 2.05) is 22.6 Å². The van der Waals surface area contributed by atoms with Gasteiger partial charge in [-0.1, -0.05) is 0 Å². The van der Waals surface area contributed by atoms with Gasteiger partial charge in [-0.2, -0.15) is 0 Å². The van der Waals surface area contributed by atoms with Crippen molar-refractivity contribution in [1.82, 2.24) is 9.97 Å². The van der Waals surface area contributed by atoms with Crippen molar-refractivity contribution in [1.29, 1.82) is 0 Å². The summed E-state index contributed by atoms with van der Waals surface area (Å²) >= 11 is 1.98. The molecule has 138 valence electrons. The lowest BCUT2D eigenvalue weighted by molar-refractivity contribution is 0.102. The second kappa shape index (κ2) is 7.64. The highest BCUT2D eigenvalue weighted by atomic mass is 127. The van der Waals surface area contributed by atoms with Gasteiger partial charge in [0.05, 0.1) is 31.5 Å². The number of halogens is 4. The van der Waals surface area contributed by atoms with Crippen LogP contribution in [0, 0.1) is 9.39 Å². The van der Waals surface area contributed by atoms with Gasteiger partial charge in [0.25, 0.3) is 5.91 Å². The molecule has 0 bridgehead atoms. The summed E-state index contributed by atoms with van der Waals surface area (Å²) < 4.78 is 46.2. The molecular weight excluding hydrogens is 464 g/mol. The fraction of sp³-hybridized carbons (Fsp3) is 0.312. The van der Waals surface area contributed by atoms with Crippen LogP contribution in [-0.4, -0.2) is 48.4 Å². The van der Waals surface area contributed by atoms with Crippen LogP contribution in [0.2, 0.25) is 0 Å². The SMILES string of the molecule is COc1ncc(C(=O)Nc2c(I)ccnc2N2C[C@@H](F)[C@@H](F)C2)cc1F. The molecule has 1 amide bonds. The number of methoxy groups -OCH3 is 1. The maximum Gasteiger partial charge on any atom is 0.257 e. The number of pyridine rings is 2. The molecule has 0 aromatic carbocycles. The fourth-order valence-corrected chi connectivity index (χ4v) is 3.10. The molecule has 10 heteroatoms. The topological polar surface area (TPSA) is 67.3 Å². The standard InChI is InChI=1S/C16H14F3IN4O2/c1-26-16-9(17)4-8(5-22-16)15(25)23-13-12(20)2-3-21-14(13)24-6-10(18)11(19)7-24/h2-5,10-11H,6-7H2,1H3,(H,23,25)/t10-,11+. The minimum atomic E-state index is -1.61. The Hall–Kier alpha value is -2.11. The van der Waals surface area contributed by atoms with E-state index < -0.39 is 24.1 Å². The lowest BCUT2D eigenvalue weighted by Crippen LogP contribution is -2.24. The van der Waals surface area contributed by atoms with E-state index in [4.69, 9.17) is 4.74 Å². The van der Waals surface area contributed by atoms with Gasteiger partial charge in [-0.05, 0) is 34.7 Å². The maximum absolute atomic E-state index is 13.8. The van der Waals surface area contributed by atoms with E-state index in [0.717, 1.165) is 6.07 Å². The molecule has 2 aromatic heterocycles. The molecule has 1 N–H and O–H groups in total.